The molecule has 0 aliphatic carbocycles. The zero-order valence-electron chi connectivity index (χ0n) is 12.9. The van der Waals surface area contributed by atoms with E-state index in [0.29, 0.717) is 21.9 Å². The van der Waals surface area contributed by atoms with E-state index in [1.165, 1.54) is 23.1 Å². The van der Waals surface area contributed by atoms with Crippen LogP contribution in [-0.4, -0.2) is 28.7 Å². The molecule has 0 atom stereocenters. The van der Waals surface area contributed by atoms with E-state index < -0.39 is 0 Å². The molecule has 0 bridgehead atoms. The van der Waals surface area contributed by atoms with Crippen LogP contribution in [0, 0.1) is 0 Å². The third-order valence-electron chi connectivity index (χ3n) is 3.28. The number of fused-ring (bicyclic) bond motifs is 1. The molecule has 6 nitrogen and oxygen atoms in total. The van der Waals surface area contributed by atoms with Gasteiger partial charge in [0.1, 0.15) is 10.6 Å². The Morgan fingerprint density at radius 1 is 1.42 bits per heavy atom. The zero-order chi connectivity index (χ0) is 16.9. The molecule has 0 saturated heterocycles. The minimum Gasteiger partial charge on any atom is -0.497 e. The van der Waals surface area contributed by atoms with E-state index in [1.54, 1.807) is 13.2 Å². The molecular weight excluding hydrogens is 346 g/mol. The Hall–Kier alpha value is -2.32. The molecule has 0 radical (unpaired) electrons. The first-order valence-corrected chi connectivity index (χ1v) is 9.02. The molecule has 2 aromatic heterocycles. The Bertz CT molecular complexity index is 920. The molecule has 0 saturated carbocycles. The zero-order valence-corrected chi connectivity index (χ0v) is 14.5. The Kier molecular flexibility index (Phi) is 5.17. The van der Waals surface area contributed by atoms with Gasteiger partial charge in [0, 0.05) is 6.54 Å². The number of thioether (sulfide) groups is 1. The van der Waals surface area contributed by atoms with Crippen molar-refractivity contribution in [2.75, 3.05) is 12.9 Å². The van der Waals surface area contributed by atoms with Gasteiger partial charge in [-0.1, -0.05) is 23.9 Å². The molecule has 3 aromatic rings. The summed E-state index contributed by atoms with van der Waals surface area (Å²) < 4.78 is 5.15. The summed E-state index contributed by atoms with van der Waals surface area (Å²) in [6.45, 7) is 0.421. The monoisotopic (exact) mass is 361 g/mol. The lowest BCUT2D eigenvalue weighted by atomic mass is 10.2. The number of benzene rings is 1. The lowest BCUT2D eigenvalue weighted by Gasteiger charge is -2.06. The van der Waals surface area contributed by atoms with Gasteiger partial charge >= 0.3 is 0 Å². The van der Waals surface area contributed by atoms with Gasteiger partial charge in [0.2, 0.25) is 5.91 Å². The smallest absolute Gasteiger partial charge is 0.260 e. The van der Waals surface area contributed by atoms with Gasteiger partial charge in [-0.3, -0.25) is 9.59 Å². The van der Waals surface area contributed by atoms with E-state index in [2.05, 4.69) is 15.3 Å². The van der Waals surface area contributed by atoms with Crippen LogP contribution < -0.4 is 15.6 Å². The number of carbonyl (C=O) groups is 1. The molecule has 24 heavy (non-hydrogen) atoms. The van der Waals surface area contributed by atoms with E-state index in [9.17, 15) is 9.59 Å². The third-order valence-corrected chi connectivity index (χ3v) is 4.96. The molecule has 0 spiro atoms. The lowest BCUT2D eigenvalue weighted by Crippen LogP contribution is -2.24. The molecule has 0 fully saturated rings. The number of aromatic nitrogens is 2. The van der Waals surface area contributed by atoms with Gasteiger partial charge in [0.05, 0.1) is 18.2 Å². The summed E-state index contributed by atoms with van der Waals surface area (Å²) in [5.74, 6) is 0.808. The summed E-state index contributed by atoms with van der Waals surface area (Å²) in [5, 5.41) is 5.68. The number of nitrogens with zero attached hydrogens (tertiary/aromatic N) is 1. The van der Waals surface area contributed by atoms with Crippen LogP contribution in [0.2, 0.25) is 0 Å². The number of methoxy groups -OCH3 is 1. The highest BCUT2D eigenvalue weighted by Gasteiger charge is 2.08. The number of rotatable bonds is 6. The fourth-order valence-electron chi connectivity index (χ4n) is 2.08. The van der Waals surface area contributed by atoms with Gasteiger partial charge in [-0.05, 0) is 29.1 Å². The van der Waals surface area contributed by atoms with E-state index in [1.807, 2.05) is 29.6 Å². The van der Waals surface area contributed by atoms with Crippen molar-refractivity contribution in [1.29, 1.82) is 0 Å². The van der Waals surface area contributed by atoms with Crippen LogP contribution in [0.25, 0.3) is 10.2 Å². The van der Waals surface area contributed by atoms with Crippen LogP contribution in [0.4, 0.5) is 0 Å². The normalized spacial score (nSPS) is 10.7. The number of hydrogen-bond donors (Lipinski definition) is 2. The summed E-state index contributed by atoms with van der Waals surface area (Å²) in [4.78, 5) is 31.5. The van der Waals surface area contributed by atoms with Crippen molar-refractivity contribution in [2.24, 2.45) is 0 Å². The maximum Gasteiger partial charge on any atom is 0.260 e. The first kappa shape index (κ1) is 16.5. The Balaban J connectivity index is 1.55. The molecular formula is C16H15N3O3S2. The largest absolute Gasteiger partial charge is 0.497 e. The summed E-state index contributed by atoms with van der Waals surface area (Å²) in [6.07, 6.45) is 0. The van der Waals surface area contributed by atoms with E-state index in [4.69, 9.17) is 4.74 Å². The highest BCUT2D eigenvalue weighted by atomic mass is 32.2. The molecule has 1 amide bonds. The molecule has 8 heteroatoms. The summed E-state index contributed by atoms with van der Waals surface area (Å²) >= 11 is 2.61. The van der Waals surface area contributed by atoms with Gasteiger partial charge in [0.25, 0.3) is 5.56 Å². The maximum atomic E-state index is 12.0. The number of carbonyl (C=O) groups excluding carboxylic acids is 1. The Morgan fingerprint density at radius 2 is 2.29 bits per heavy atom. The second-order valence-corrected chi connectivity index (χ2v) is 6.79. The number of nitrogens with one attached hydrogen (secondary N) is 2. The number of amides is 1. The summed E-state index contributed by atoms with van der Waals surface area (Å²) in [7, 11) is 1.60. The molecule has 2 N–H and O–H groups in total. The van der Waals surface area contributed by atoms with Crippen molar-refractivity contribution in [3.8, 4) is 5.75 Å². The second kappa shape index (κ2) is 7.50. The van der Waals surface area contributed by atoms with Crippen molar-refractivity contribution in [2.45, 2.75) is 11.7 Å². The summed E-state index contributed by atoms with van der Waals surface area (Å²) in [5.41, 5.74) is 0.778. The maximum absolute atomic E-state index is 12.0. The van der Waals surface area contributed by atoms with Gasteiger partial charge in [-0.2, -0.15) is 0 Å². The van der Waals surface area contributed by atoms with Crippen LogP contribution >= 0.6 is 23.1 Å². The highest BCUT2D eigenvalue weighted by Crippen LogP contribution is 2.18. The third kappa shape index (κ3) is 3.95. The van der Waals surface area contributed by atoms with Crippen molar-refractivity contribution in [3.63, 3.8) is 0 Å². The van der Waals surface area contributed by atoms with Gasteiger partial charge in [0.15, 0.2) is 5.16 Å². The average molecular weight is 361 g/mol. The van der Waals surface area contributed by atoms with Crippen molar-refractivity contribution < 1.29 is 9.53 Å². The molecule has 0 aliphatic heterocycles. The average Bonchev–Trinajstić information content (AvgIpc) is 3.07. The second-order valence-electron chi connectivity index (χ2n) is 4.93. The standard InChI is InChI=1S/C16H15N3O3S2/c1-22-11-4-2-3-10(7-11)8-17-13(20)9-24-16-18-14(21)12-5-6-23-15(12)19-16/h2-7H,8-9H2,1H3,(H,17,20)(H,18,19,21). The number of H-pyrrole nitrogens is 1. The fraction of sp³-hybridized carbons (Fsp3) is 0.188. The molecule has 124 valence electrons. The van der Waals surface area contributed by atoms with Crippen LogP contribution in [0.15, 0.2) is 45.7 Å². The number of ether oxygens (including phenoxy) is 1. The van der Waals surface area contributed by atoms with Crippen LogP contribution in [0.1, 0.15) is 5.56 Å². The van der Waals surface area contributed by atoms with Gasteiger partial charge in [-0.25, -0.2) is 4.98 Å². The number of thiophene rings is 1. The molecule has 0 unspecified atom stereocenters. The SMILES string of the molecule is COc1cccc(CNC(=O)CSc2nc3sccc3c(=O)[nH]2)c1. The highest BCUT2D eigenvalue weighted by molar-refractivity contribution is 7.99. The topological polar surface area (TPSA) is 84.1 Å². The fourth-order valence-corrected chi connectivity index (χ4v) is 3.59. The van der Waals surface area contributed by atoms with E-state index in [0.717, 1.165) is 11.3 Å². The van der Waals surface area contributed by atoms with Crippen molar-refractivity contribution >= 4 is 39.2 Å². The van der Waals surface area contributed by atoms with Crippen molar-refractivity contribution in [1.82, 2.24) is 15.3 Å². The number of hydrogen-bond acceptors (Lipinski definition) is 6. The first-order valence-electron chi connectivity index (χ1n) is 7.15. The predicted molar refractivity (Wildman–Crippen MR) is 95.8 cm³/mol. The van der Waals surface area contributed by atoms with Crippen molar-refractivity contribution in [3.05, 3.63) is 51.6 Å². The predicted octanol–water partition coefficient (Wildman–Crippen LogP) is 2.40. The molecule has 1 aromatic carbocycles. The number of aromatic amines is 1. The Morgan fingerprint density at radius 3 is 3.12 bits per heavy atom. The lowest BCUT2D eigenvalue weighted by molar-refractivity contribution is -0.118. The van der Waals surface area contributed by atoms with Gasteiger partial charge < -0.3 is 15.0 Å². The van der Waals surface area contributed by atoms with Crippen LogP contribution in [-0.2, 0) is 11.3 Å². The van der Waals surface area contributed by atoms with Crippen LogP contribution in [0.3, 0.4) is 0 Å². The van der Waals surface area contributed by atoms with E-state index >= 15 is 0 Å². The Labute approximate surface area is 146 Å². The molecule has 2 heterocycles. The summed E-state index contributed by atoms with van der Waals surface area (Å²) in [6, 6.07) is 9.25. The van der Waals surface area contributed by atoms with Crippen LogP contribution in [0.5, 0.6) is 5.75 Å². The minimum atomic E-state index is -0.180. The minimum absolute atomic E-state index is 0.128. The molecule has 0 aliphatic rings. The van der Waals surface area contributed by atoms with Gasteiger partial charge in [-0.15, -0.1) is 11.3 Å². The first-order chi connectivity index (χ1) is 11.7. The molecule has 3 rings (SSSR count). The quantitative estimate of drug-likeness (QED) is 0.520. The van der Waals surface area contributed by atoms with E-state index in [-0.39, 0.29) is 17.2 Å².